The number of amides is 1. The van der Waals surface area contributed by atoms with Gasteiger partial charge in [0.15, 0.2) is 5.69 Å². The first-order chi connectivity index (χ1) is 11.8. The maximum Gasteiger partial charge on any atom is 0.435 e. The Morgan fingerprint density at radius 3 is 2.84 bits per heavy atom. The van der Waals surface area contributed by atoms with Crippen molar-refractivity contribution in [2.75, 3.05) is 33.2 Å². The van der Waals surface area contributed by atoms with Crippen LogP contribution < -0.4 is 0 Å². The van der Waals surface area contributed by atoms with Gasteiger partial charge in [0.2, 0.25) is 5.91 Å². The predicted octanol–water partition coefficient (Wildman–Crippen LogP) is 2.33. The average Bonchev–Trinajstić information content (AvgIpc) is 3.19. The van der Waals surface area contributed by atoms with Gasteiger partial charge in [-0.2, -0.15) is 18.3 Å². The lowest BCUT2D eigenvalue weighted by Gasteiger charge is -2.27. The molecular formula is C17H25F3N4O. The zero-order valence-electron chi connectivity index (χ0n) is 14.7. The summed E-state index contributed by atoms with van der Waals surface area (Å²) in [6.07, 6.45) is -2.34. The van der Waals surface area contributed by atoms with Gasteiger partial charge in [0.05, 0.1) is 0 Å². The number of fused-ring (bicyclic) bond motifs is 1. The molecule has 25 heavy (non-hydrogen) atoms. The van der Waals surface area contributed by atoms with Gasteiger partial charge in [-0.1, -0.05) is 6.92 Å². The van der Waals surface area contributed by atoms with E-state index in [0.29, 0.717) is 37.5 Å². The summed E-state index contributed by atoms with van der Waals surface area (Å²) in [5, 5.41) is 5.93. The minimum absolute atomic E-state index is 0.00151. The van der Waals surface area contributed by atoms with Gasteiger partial charge in [-0.3, -0.25) is 9.89 Å². The van der Waals surface area contributed by atoms with Crippen LogP contribution in [0.15, 0.2) is 0 Å². The second-order valence-corrected chi connectivity index (χ2v) is 7.26. The number of hydrogen-bond donors (Lipinski definition) is 1. The highest BCUT2D eigenvalue weighted by Gasteiger charge is 2.41. The molecule has 2 atom stereocenters. The molecule has 5 nitrogen and oxygen atoms in total. The standard InChI is InChI=1S/C17H25F3N4O/c1-3-23(2)9-11-6-7-24(10-11)16(25)12-4-5-14-13(8-12)15(22-21-14)17(18,19)20/h11-12H,3-10H2,1-2H3,(H,21,22)/t11-,12+/m1/s1. The first kappa shape index (κ1) is 18.2. The summed E-state index contributed by atoms with van der Waals surface area (Å²) >= 11 is 0. The predicted molar refractivity (Wildman–Crippen MR) is 87.0 cm³/mol. The maximum absolute atomic E-state index is 13.1. The molecule has 1 fully saturated rings. The zero-order chi connectivity index (χ0) is 18.2. The van der Waals surface area contributed by atoms with Crippen LogP contribution in [0.5, 0.6) is 0 Å². The van der Waals surface area contributed by atoms with Crippen LogP contribution in [0, 0.1) is 11.8 Å². The zero-order valence-corrected chi connectivity index (χ0v) is 14.7. The van der Waals surface area contributed by atoms with E-state index in [1.54, 1.807) is 0 Å². The number of aromatic nitrogens is 2. The van der Waals surface area contributed by atoms with Crippen molar-refractivity contribution in [2.24, 2.45) is 11.8 Å². The summed E-state index contributed by atoms with van der Waals surface area (Å²) in [5.74, 6) is 0.0863. The Hall–Kier alpha value is -1.57. The number of hydrogen-bond acceptors (Lipinski definition) is 3. The maximum atomic E-state index is 13.1. The van der Waals surface area contributed by atoms with E-state index < -0.39 is 11.9 Å². The van der Waals surface area contributed by atoms with Gasteiger partial charge in [-0.25, -0.2) is 0 Å². The van der Waals surface area contributed by atoms with Crippen molar-refractivity contribution in [1.29, 1.82) is 0 Å². The molecule has 8 heteroatoms. The van der Waals surface area contributed by atoms with Gasteiger partial charge in [0.1, 0.15) is 0 Å². The normalized spacial score (nSPS) is 24.0. The number of aryl methyl sites for hydroxylation is 1. The quantitative estimate of drug-likeness (QED) is 0.899. The summed E-state index contributed by atoms with van der Waals surface area (Å²) in [6, 6.07) is 0. The molecule has 2 heterocycles. The SMILES string of the molecule is CCN(C)C[C@H]1CCN(C(=O)[C@H]2CCc3[nH]nc(C(F)(F)F)c3C2)C1. The molecular weight excluding hydrogens is 333 g/mol. The van der Waals surface area contributed by atoms with E-state index in [2.05, 4.69) is 29.1 Å². The van der Waals surface area contributed by atoms with E-state index in [1.807, 2.05) is 4.90 Å². The lowest BCUT2D eigenvalue weighted by atomic mass is 9.85. The van der Waals surface area contributed by atoms with Crippen molar-refractivity contribution < 1.29 is 18.0 Å². The Kier molecular flexibility index (Phi) is 5.09. The summed E-state index contributed by atoms with van der Waals surface area (Å²) in [5.41, 5.74) is -0.150. The summed E-state index contributed by atoms with van der Waals surface area (Å²) < 4.78 is 39.2. The number of aromatic amines is 1. The molecule has 1 aliphatic heterocycles. The molecule has 0 bridgehead atoms. The topological polar surface area (TPSA) is 52.2 Å². The lowest BCUT2D eigenvalue weighted by Crippen LogP contribution is -2.38. The average molecular weight is 358 g/mol. The number of carbonyl (C=O) groups is 1. The number of H-pyrrole nitrogens is 1. The monoisotopic (exact) mass is 358 g/mol. The molecule has 1 saturated heterocycles. The van der Waals surface area contributed by atoms with Gasteiger partial charge >= 0.3 is 6.18 Å². The third kappa shape index (κ3) is 3.83. The van der Waals surface area contributed by atoms with Crippen molar-refractivity contribution in [3.05, 3.63) is 17.0 Å². The highest BCUT2D eigenvalue weighted by molar-refractivity contribution is 5.80. The fraction of sp³-hybridized carbons (Fsp3) is 0.765. The third-order valence-corrected chi connectivity index (χ3v) is 5.47. The molecule has 0 aromatic carbocycles. The number of alkyl halides is 3. The van der Waals surface area contributed by atoms with Gasteiger partial charge < -0.3 is 9.80 Å². The fourth-order valence-electron chi connectivity index (χ4n) is 3.95. The van der Waals surface area contributed by atoms with E-state index in [9.17, 15) is 18.0 Å². The Morgan fingerprint density at radius 2 is 2.16 bits per heavy atom. The van der Waals surface area contributed by atoms with Crippen LogP contribution in [0.3, 0.4) is 0 Å². The second kappa shape index (κ2) is 6.97. The lowest BCUT2D eigenvalue weighted by molar-refractivity contribution is -0.142. The number of rotatable bonds is 4. The Morgan fingerprint density at radius 1 is 1.40 bits per heavy atom. The first-order valence-electron chi connectivity index (χ1n) is 8.90. The molecule has 1 aliphatic carbocycles. The Labute approximate surface area is 145 Å². The molecule has 0 unspecified atom stereocenters. The van der Waals surface area contributed by atoms with Gasteiger partial charge in [0, 0.05) is 36.8 Å². The van der Waals surface area contributed by atoms with Gasteiger partial charge in [-0.05, 0) is 45.2 Å². The molecule has 0 radical (unpaired) electrons. The highest BCUT2D eigenvalue weighted by atomic mass is 19.4. The molecule has 1 aromatic rings. The molecule has 0 spiro atoms. The van der Waals surface area contributed by atoms with Crippen LogP contribution in [0.25, 0.3) is 0 Å². The molecule has 1 aromatic heterocycles. The van der Waals surface area contributed by atoms with Crippen molar-refractivity contribution in [1.82, 2.24) is 20.0 Å². The minimum atomic E-state index is -4.47. The number of halogens is 3. The second-order valence-electron chi connectivity index (χ2n) is 7.26. The van der Waals surface area contributed by atoms with Crippen LogP contribution in [-0.4, -0.2) is 59.1 Å². The van der Waals surface area contributed by atoms with E-state index in [4.69, 9.17) is 0 Å². The molecule has 2 aliphatic rings. The Bertz CT molecular complexity index is 628. The molecule has 1 N–H and O–H groups in total. The summed E-state index contributed by atoms with van der Waals surface area (Å²) in [4.78, 5) is 16.9. The van der Waals surface area contributed by atoms with Crippen LogP contribution in [0.4, 0.5) is 13.2 Å². The summed E-state index contributed by atoms with van der Waals surface area (Å²) in [6.45, 7) is 5.44. The Balaban J connectivity index is 1.64. The van der Waals surface area contributed by atoms with E-state index in [0.717, 1.165) is 19.5 Å². The smallest absolute Gasteiger partial charge is 0.342 e. The highest BCUT2D eigenvalue weighted by Crippen LogP contribution is 2.36. The van der Waals surface area contributed by atoms with Crippen molar-refractivity contribution in [2.45, 2.75) is 38.8 Å². The van der Waals surface area contributed by atoms with Crippen LogP contribution in [-0.2, 0) is 23.8 Å². The fourth-order valence-corrected chi connectivity index (χ4v) is 3.95. The minimum Gasteiger partial charge on any atom is -0.342 e. The van der Waals surface area contributed by atoms with Crippen LogP contribution >= 0.6 is 0 Å². The van der Waals surface area contributed by atoms with E-state index in [1.165, 1.54) is 0 Å². The first-order valence-corrected chi connectivity index (χ1v) is 8.90. The molecule has 1 amide bonds. The number of nitrogens with one attached hydrogen (secondary N) is 1. The molecule has 0 saturated carbocycles. The third-order valence-electron chi connectivity index (χ3n) is 5.47. The van der Waals surface area contributed by atoms with Crippen molar-refractivity contribution >= 4 is 5.91 Å². The number of nitrogens with zero attached hydrogens (tertiary/aromatic N) is 3. The van der Waals surface area contributed by atoms with Crippen LogP contribution in [0.2, 0.25) is 0 Å². The van der Waals surface area contributed by atoms with Gasteiger partial charge in [0.25, 0.3) is 0 Å². The molecule has 3 rings (SSSR count). The van der Waals surface area contributed by atoms with Crippen molar-refractivity contribution in [3.63, 3.8) is 0 Å². The number of likely N-dealkylation sites (tertiary alicyclic amines) is 1. The van der Waals surface area contributed by atoms with E-state index in [-0.39, 0.29) is 23.8 Å². The summed E-state index contributed by atoms with van der Waals surface area (Å²) in [7, 11) is 2.06. The van der Waals surface area contributed by atoms with Crippen molar-refractivity contribution in [3.8, 4) is 0 Å². The molecule has 140 valence electrons. The van der Waals surface area contributed by atoms with Crippen LogP contribution in [0.1, 0.15) is 36.7 Å². The number of carbonyl (C=O) groups excluding carboxylic acids is 1. The van der Waals surface area contributed by atoms with Gasteiger partial charge in [-0.15, -0.1) is 0 Å². The van der Waals surface area contributed by atoms with E-state index >= 15 is 0 Å². The largest absolute Gasteiger partial charge is 0.435 e.